The Bertz CT molecular complexity index is 1370. The number of methoxy groups -OCH3 is 1. The molecule has 0 bridgehead atoms. The first-order chi connectivity index (χ1) is 18.2. The highest BCUT2D eigenvalue weighted by Gasteiger charge is 2.26. The molecule has 6 rings (SSSR count). The van der Waals surface area contributed by atoms with Crippen molar-refractivity contribution in [2.24, 2.45) is 0 Å². The fourth-order valence-electron chi connectivity index (χ4n) is 5.36. The Balaban J connectivity index is 1.19. The third-order valence-corrected chi connectivity index (χ3v) is 7.52. The van der Waals surface area contributed by atoms with Crippen molar-refractivity contribution in [2.75, 3.05) is 56.7 Å². The molecule has 0 amide bonds. The first kappa shape index (κ1) is 24.0. The van der Waals surface area contributed by atoms with E-state index in [1.165, 1.54) is 18.5 Å². The van der Waals surface area contributed by atoms with E-state index in [1.807, 2.05) is 41.0 Å². The number of halogens is 1. The van der Waals surface area contributed by atoms with Gasteiger partial charge in [-0.05, 0) is 67.4 Å². The van der Waals surface area contributed by atoms with Crippen molar-refractivity contribution in [1.29, 1.82) is 0 Å². The minimum atomic E-state index is 0.518. The SMILES string of the molecule is COc1ccc(Cl)cc1-c1ccc2cnc(Nc3ccc(N4CCCC(N5CCOCC5)C4)cc3)nn12. The second kappa shape index (κ2) is 10.6. The molecule has 2 aromatic heterocycles. The van der Waals surface area contributed by atoms with E-state index >= 15 is 0 Å². The van der Waals surface area contributed by atoms with Gasteiger partial charge in [-0.3, -0.25) is 4.90 Å². The number of fused-ring (bicyclic) bond motifs is 1. The fraction of sp³-hybridized carbons (Fsp3) is 0.357. The molecular weight excluding hydrogens is 488 g/mol. The zero-order valence-corrected chi connectivity index (χ0v) is 21.7. The summed E-state index contributed by atoms with van der Waals surface area (Å²) in [5.41, 5.74) is 4.84. The summed E-state index contributed by atoms with van der Waals surface area (Å²) in [7, 11) is 1.65. The van der Waals surface area contributed by atoms with Crippen molar-refractivity contribution in [3.8, 4) is 17.0 Å². The molecule has 37 heavy (non-hydrogen) atoms. The molecule has 2 saturated heterocycles. The van der Waals surface area contributed by atoms with E-state index in [2.05, 4.69) is 44.4 Å². The van der Waals surface area contributed by atoms with Crippen molar-refractivity contribution >= 4 is 34.4 Å². The first-order valence-corrected chi connectivity index (χ1v) is 13.2. The molecule has 1 N–H and O–H groups in total. The molecule has 8 nitrogen and oxygen atoms in total. The van der Waals surface area contributed by atoms with Gasteiger partial charge in [0.05, 0.1) is 37.7 Å². The Kier molecular flexibility index (Phi) is 6.87. The zero-order valence-electron chi connectivity index (χ0n) is 20.9. The Hall–Kier alpha value is -3.33. The molecule has 9 heteroatoms. The number of anilines is 3. The van der Waals surface area contributed by atoms with Crippen LogP contribution in [-0.4, -0.2) is 72.0 Å². The lowest BCUT2D eigenvalue weighted by Gasteiger charge is -2.41. The number of morpholine rings is 1. The number of benzene rings is 2. The number of aromatic nitrogens is 3. The molecule has 0 radical (unpaired) electrons. The smallest absolute Gasteiger partial charge is 0.245 e. The molecule has 4 heterocycles. The molecule has 192 valence electrons. The maximum absolute atomic E-state index is 6.28. The van der Waals surface area contributed by atoms with Gasteiger partial charge in [-0.1, -0.05) is 11.6 Å². The van der Waals surface area contributed by atoms with Gasteiger partial charge in [0.15, 0.2) is 0 Å². The normalized spacial score (nSPS) is 18.8. The first-order valence-electron chi connectivity index (χ1n) is 12.8. The summed E-state index contributed by atoms with van der Waals surface area (Å²) in [5, 5.41) is 8.75. The van der Waals surface area contributed by atoms with Crippen LogP contribution in [0, 0.1) is 0 Å². The number of piperidine rings is 1. The minimum absolute atomic E-state index is 0.518. The highest BCUT2D eigenvalue weighted by atomic mass is 35.5. The molecule has 4 aromatic rings. The number of hydrogen-bond acceptors (Lipinski definition) is 7. The molecule has 1 atom stereocenters. The molecule has 0 saturated carbocycles. The lowest BCUT2D eigenvalue weighted by Crippen LogP contribution is -2.51. The Labute approximate surface area is 221 Å². The summed E-state index contributed by atoms with van der Waals surface area (Å²) in [5.74, 6) is 1.26. The monoisotopic (exact) mass is 518 g/mol. The lowest BCUT2D eigenvalue weighted by molar-refractivity contribution is 0.0137. The average Bonchev–Trinajstić information content (AvgIpc) is 3.37. The van der Waals surface area contributed by atoms with E-state index < -0.39 is 0 Å². The van der Waals surface area contributed by atoms with Crippen LogP contribution in [0.25, 0.3) is 16.8 Å². The quantitative estimate of drug-likeness (QED) is 0.381. The van der Waals surface area contributed by atoms with Crippen LogP contribution in [0.2, 0.25) is 5.02 Å². The molecule has 2 fully saturated rings. The Morgan fingerprint density at radius 1 is 1.03 bits per heavy atom. The second-order valence-corrected chi connectivity index (χ2v) is 9.98. The van der Waals surface area contributed by atoms with Crippen LogP contribution in [-0.2, 0) is 4.74 Å². The van der Waals surface area contributed by atoms with Crippen LogP contribution in [0.1, 0.15) is 12.8 Å². The van der Waals surface area contributed by atoms with Gasteiger partial charge in [0, 0.05) is 54.2 Å². The van der Waals surface area contributed by atoms with Crippen LogP contribution in [0.3, 0.4) is 0 Å². The summed E-state index contributed by atoms with van der Waals surface area (Å²) in [6.45, 7) is 5.94. The highest BCUT2D eigenvalue weighted by molar-refractivity contribution is 6.31. The molecule has 0 spiro atoms. The van der Waals surface area contributed by atoms with Gasteiger partial charge in [-0.25, -0.2) is 9.50 Å². The number of ether oxygens (including phenoxy) is 2. The lowest BCUT2D eigenvalue weighted by atomic mass is 10.0. The highest BCUT2D eigenvalue weighted by Crippen LogP contribution is 2.33. The van der Waals surface area contributed by atoms with E-state index in [-0.39, 0.29) is 0 Å². The molecule has 1 unspecified atom stereocenters. The number of rotatable bonds is 6. The van der Waals surface area contributed by atoms with Crippen molar-refractivity contribution in [2.45, 2.75) is 18.9 Å². The van der Waals surface area contributed by atoms with Crippen LogP contribution >= 0.6 is 11.6 Å². The van der Waals surface area contributed by atoms with Gasteiger partial charge >= 0.3 is 0 Å². The predicted molar refractivity (Wildman–Crippen MR) is 147 cm³/mol. The third kappa shape index (κ3) is 5.09. The number of nitrogens with zero attached hydrogens (tertiary/aromatic N) is 5. The van der Waals surface area contributed by atoms with Crippen molar-refractivity contribution in [3.05, 3.63) is 65.8 Å². The maximum atomic E-state index is 6.28. The summed E-state index contributed by atoms with van der Waals surface area (Å²) < 4.78 is 13.0. The summed E-state index contributed by atoms with van der Waals surface area (Å²) in [6, 6.07) is 18.7. The molecule has 0 aliphatic carbocycles. The van der Waals surface area contributed by atoms with Crippen molar-refractivity contribution in [3.63, 3.8) is 0 Å². The molecule has 2 aromatic carbocycles. The zero-order chi connectivity index (χ0) is 25.2. The van der Waals surface area contributed by atoms with Crippen molar-refractivity contribution < 1.29 is 9.47 Å². The van der Waals surface area contributed by atoms with E-state index in [4.69, 9.17) is 26.2 Å². The molecule has 2 aliphatic heterocycles. The largest absolute Gasteiger partial charge is 0.496 e. The summed E-state index contributed by atoms with van der Waals surface area (Å²) >= 11 is 6.28. The molecule has 2 aliphatic rings. The van der Waals surface area contributed by atoms with E-state index in [0.717, 1.165) is 67.6 Å². The standard InChI is InChI=1S/C28H31ClN6O2/c1-36-27-11-4-20(29)17-25(27)26-10-9-23-18-30-28(32-35(23)26)31-21-5-7-22(8-6-21)34-12-2-3-24(19-34)33-13-15-37-16-14-33/h4-11,17-18,24H,2-3,12-16,19H2,1H3,(H,31,32). The van der Waals surface area contributed by atoms with Crippen LogP contribution in [0.4, 0.5) is 17.3 Å². The molecular formula is C28H31ClN6O2. The fourth-order valence-corrected chi connectivity index (χ4v) is 5.53. The van der Waals surface area contributed by atoms with Gasteiger partial charge in [-0.15, -0.1) is 5.10 Å². The van der Waals surface area contributed by atoms with Gasteiger partial charge in [-0.2, -0.15) is 0 Å². The summed E-state index contributed by atoms with van der Waals surface area (Å²) in [4.78, 5) is 9.61. The van der Waals surface area contributed by atoms with Crippen LogP contribution in [0.5, 0.6) is 5.75 Å². The summed E-state index contributed by atoms with van der Waals surface area (Å²) in [6.07, 6.45) is 4.29. The Morgan fingerprint density at radius 2 is 1.86 bits per heavy atom. The van der Waals surface area contributed by atoms with Gasteiger partial charge in [0.25, 0.3) is 0 Å². The van der Waals surface area contributed by atoms with E-state index in [0.29, 0.717) is 17.0 Å². The van der Waals surface area contributed by atoms with Gasteiger partial charge in [0.1, 0.15) is 5.75 Å². The second-order valence-electron chi connectivity index (χ2n) is 9.54. The van der Waals surface area contributed by atoms with E-state index in [1.54, 1.807) is 7.11 Å². The predicted octanol–water partition coefficient (Wildman–Crippen LogP) is 5.10. The van der Waals surface area contributed by atoms with Gasteiger partial charge in [0.2, 0.25) is 5.95 Å². The van der Waals surface area contributed by atoms with Gasteiger partial charge < -0.3 is 19.7 Å². The van der Waals surface area contributed by atoms with Crippen LogP contribution < -0.4 is 15.0 Å². The van der Waals surface area contributed by atoms with Crippen LogP contribution in [0.15, 0.2) is 60.8 Å². The number of hydrogen-bond donors (Lipinski definition) is 1. The number of nitrogens with one attached hydrogen (secondary N) is 1. The average molecular weight is 519 g/mol. The Morgan fingerprint density at radius 3 is 2.68 bits per heavy atom. The maximum Gasteiger partial charge on any atom is 0.245 e. The third-order valence-electron chi connectivity index (χ3n) is 7.28. The minimum Gasteiger partial charge on any atom is -0.496 e. The van der Waals surface area contributed by atoms with Crippen molar-refractivity contribution in [1.82, 2.24) is 19.5 Å². The van der Waals surface area contributed by atoms with E-state index in [9.17, 15) is 0 Å². The topological polar surface area (TPSA) is 67.2 Å².